The number of fused-ring (bicyclic) bond motifs is 5. The lowest BCUT2D eigenvalue weighted by Crippen LogP contribution is -2.40. The van der Waals surface area contributed by atoms with Crippen LogP contribution in [0.4, 0.5) is 0 Å². The van der Waals surface area contributed by atoms with Crippen LogP contribution in [-0.2, 0) is 0 Å². The summed E-state index contributed by atoms with van der Waals surface area (Å²) in [6.45, 7) is 0. The van der Waals surface area contributed by atoms with E-state index in [4.69, 9.17) is 0 Å². The first-order valence-corrected chi connectivity index (χ1v) is 22.4. The zero-order chi connectivity index (χ0) is 38.9. The molecule has 0 spiro atoms. The Balaban J connectivity index is 0.834. The second kappa shape index (κ2) is 14.5. The van der Waals surface area contributed by atoms with Crippen molar-refractivity contribution < 1.29 is 0 Å². The van der Waals surface area contributed by atoms with E-state index < -0.39 is 0 Å². The Bertz CT molecular complexity index is 2720. The van der Waals surface area contributed by atoms with Crippen molar-refractivity contribution in [3.8, 4) is 0 Å². The lowest BCUT2D eigenvalue weighted by Gasteiger charge is -2.36. The van der Waals surface area contributed by atoms with E-state index in [0.717, 1.165) is 51.4 Å². The molecule has 0 bridgehead atoms. The maximum absolute atomic E-state index is 3.70. The summed E-state index contributed by atoms with van der Waals surface area (Å²) in [7, 11) is 0. The smallest absolute Gasteiger partial charge is 0.122 e. The van der Waals surface area contributed by atoms with E-state index in [2.05, 4.69) is 181 Å². The summed E-state index contributed by atoms with van der Waals surface area (Å²) in [6, 6.07) is 9.41. The summed E-state index contributed by atoms with van der Waals surface area (Å²) in [5, 5.41) is 6.63. The molecule has 1 aromatic carbocycles. The molecule has 2 aliphatic heterocycles. The van der Waals surface area contributed by atoms with Gasteiger partial charge in [-0.2, -0.15) is 0 Å². The van der Waals surface area contributed by atoms with Gasteiger partial charge in [-0.1, -0.05) is 157 Å². The van der Waals surface area contributed by atoms with Gasteiger partial charge in [0.15, 0.2) is 0 Å². The highest BCUT2D eigenvalue weighted by molar-refractivity contribution is 5.85. The largest absolute Gasteiger partial charge is 0.360 e. The van der Waals surface area contributed by atoms with Crippen molar-refractivity contribution in [3.05, 3.63) is 237 Å². The summed E-state index contributed by atoms with van der Waals surface area (Å²) >= 11 is 0. The van der Waals surface area contributed by atoms with Crippen molar-refractivity contribution in [3.63, 3.8) is 0 Å². The Morgan fingerprint density at radius 3 is 1.81 bits per heavy atom. The monoisotopic (exact) mass is 764 g/mol. The first kappa shape index (κ1) is 35.1. The van der Waals surface area contributed by atoms with Crippen LogP contribution in [0.5, 0.6) is 0 Å². The van der Waals surface area contributed by atoms with E-state index >= 15 is 0 Å². The third kappa shape index (κ3) is 5.89. The van der Waals surface area contributed by atoms with Gasteiger partial charge in [0.1, 0.15) is 6.17 Å². The molecule has 7 unspecified atom stereocenters. The molecule has 0 aromatic heterocycles. The van der Waals surface area contributed by atoms with Gasteiger partial charge in [0, 0.05) is 36.1 Å². The zero-order valence-corrected chi connectivity index (χ0v) is 33.8. The average Bonchev–Trinajstić information content (AvgIpc) is 3.90. The van der Waals surface area contributed by atoms with Gasteiger partial charge in [-0.05, 0) is 136 Å². The number of hydrogen-bond donors (Lipinski definition) is 1. The van der Waals surface area contributed by atoms with E-state index in [-0.39, 0.29) is 6.17 Å². The van der Waals surface area contributed by atoms with Crippen LogP contribution in [-0.4, -0.2) is 11.1 Å². The van der Waals surface area contributed by atoms with Crippen molar-refractivity contribution in [1.29, 1.82) is 0 Å². The minimum atomic E-state index is 0.243. The molecule has 2 heteroatoms. The van der Waals surface area contributed by atoms with Crippen LogP contribution in [0.2, 0.25) is 0 Å². The number of benzene rings is 1. The Morgan fingerprint density at radius 2 is 1.14 bits per heavy atom. The normalized spacial score (nSPS) is 31.9. The zero-order valence-electron chi connectivity index (χ0n) is 33.8. The first-order valence-electron chi connectivity index (χ1n) is 22.4. The SMILES string of the molecule is C1=CCCC(C2=c3ccccc3=C(C3=CC=CCC3)C3C4=CC=C(C5=CC=CC(C6C=CC=C(C7=CC=C(C8=CN9C=CC=CC9N8)CC7)C6)C5)C5C=CC=C(C45)C23)=C1. The molecule has 59 heavy (non-hydrogen) atoms. The fourth-order valence-electron chi connectivity index (χ4n) is 12.3. The number of allylic oxidation sites excluding steroid dienone is 30. The molecular weight excluding hydrogens is 713 g/mol. The van der Waals surface area contributed by atoms with E-state index in [1.165, 1.54) is 55.1 Å². The molecule has 1 fully saturated rings. The van der Waals surface area contributed by atoms with E-state index in [9.17, 15) is 0 Å². The molecule has 7 atom stereocenters. The molecule has 1 aromatic rings. The summed E-state index contributed by atoms with van der Waals surface area (Å²) in [4.78, 5) is 2.26. The fraction of sp³-hybridized carbons (Fsp3) is 0.263. The number of nitrogens with zero attached hydrogens (tertiary/aromatic N) is 1. The van der Waals surface area contributed by atoms with Crippen molar-refractivity contribution in [1.82, 2.24) is 10.2 Å². The van der Waals surface area contributed by atoms with E-state index in [1.54, 1.807) is 22.3 Å². The lowest BCUT2D eigenvalue weighted by atomic mass is 9.68. The van der Waals surface area contributed by atoms with Crippen molar-refractivity contribution in [2.75, 3.05) is 0 Å². The van der Waals surface area contributed by atoms with Gasteiger partial charge in [0.2, 0.25) is 0 Å². The first-order chi connectivity index (χ1) is 29.3. The Morgan fingerprint density at radius 1 is 0.492 bits per heavy atom. The Labute approximate surface area is 349 Å². The Kier molecular flexibility index (Phi) is 8.60. The number of rotatable bonds is 6. The van der Waals surface area contributed by atoms with Crippen LogP contribution in [0.3, 0.4) is 0 Å². The van der Waals surface area contributed by atoms with Gasteiger partial charge in [0.25, 0.3) is 0 Å². The van der Waals surface area contributed by atoms with Crippen LogP contribution >= 0.6 is 0 Å². The Hall–Kier alpha value is -5.86. The molecular formula is C57H52N2. The lowest BCUT2D eigenvalue weighted by molar-refractivity contribution is 0.424. The molecule has 2 heterocycles. The molecule has 290 valence electrons. The van der Waals surface area contributed by atoms with Gasteiger partial charge >= 0.3 is 0 Å². The van der Waals surface area contributed by atoms with E-state index in [1.807, 2.05) is 0 Å². The number of nitrogens with one attached hydrogen (secondary N) is 1. The fourth-order valence-corrected chi connectivity index (χ4v) is 12.3. The van der Waals surface area contributed by atoms with Crippen LogP contribution in [0.15, 0.2) is 226 Å². The van der Waals surface area contributed by atoms with Gasteiger partial charge in [-0.25, -0.2) is 0 Å². The highest BCUT2D eigenvalue weighted by Gasteiger charge is 2.52. The molecule has 0 saturated heterocycles. The summed E-state index contributed by atoms with van der Waals surface area (Å²) < 4.78 is 0. The van der Waals surface area contributed by atoms with Crippen molar-refractivity contribution in [2.24, 2.45) is 35.5 Å². The van der Waals surface area contributed by atoms with Crippen LogP contribution in [0, 0.1) is 35.5 Å². The molecule has 0 amide bonds. The molecule has 11 aliphatic rings. The summed E-state index contributed by atoms with van der Waals surface area (Å²) in [5.41, 5.74) is 18.3. The minimum absolute atomic E-state index is 0.243. The van der Waals surface area contributed by atoms with Crippen LogP contribution in [0.1, 0.15) is 51.4 Å². The second-order valence-corrected chi connectivity index (χ2v) is 18.1. The van der Waals surface area contributed by atoms with Crippen LogP contribution < -0.4 is 15.8 Å². The van der Waals surface area contributed by atoms with Gasteiger partial charge < -0.3 is 10.2 Å². The molecule has 1 saturated carbocycles. The maximum Gasteiger partial charge on any atom is 0.122 e. The van der Waals surface area contributed by atoms with E-state index in [0.29, 0.717) is 35.5 Å². The summed E-state index contributed by atoms with van der Waals surface area (Å²) in [5.74, 6) is 2.50. The number of hydrogen-bond acceptors (Lipinski definition) is 2. The third-order valence-corrected chi connectivity index (χ3v) is 15.0. The molecule has 0 radical (unpaired) electrons. The van der Waals surface area contributed by atoms with Gasteiger partial charge in [0.05, 0.1) is 5.70 Å². The van der Waals surface area contributed by atoms with Crippen LogP contribution in [0.25, 0.3) is 11.1 Å². The second-order valence-electron chi connectivity index (χ2n) is 18.1. The predicted molar refractivity (Wildman–Crippen MR) is 244 cm³/mol. The highest BCUT2D eigenvalue weighted by Crippen LogP contribution is 2.62. The van der Waals surface area contributed by atoms with Crippen molar-refractivity contribution >= 4 is 11.1 Å². The maximum atomic E-state index is 3.70. The van der Waals surface area contributed by atoms with Gasteiger partial charge in [-0.15, -0.1) is 0 Å². The van der Waals surface area contributed by atoms with Gasteiger partial charge in [-0.3, -0.25) is 0 Å². The predicted octanol–water partition coefficient (Wildman–Crippen LogP) is 11.2. The molecule has 9 aliphatic carbocycles. The summed E-state index contributed by atoms with van der Waals surface area (Å²) in [6.07, 6.45) is 66.1. The quantitative estimate of drug-likeness (QED) is 0.310. The average molecular weight is 765 g/mol. The minimum Gasteiger partial charge on any atom is -0.360 e. The molecule has 1 N–H and O–H groups in total. The highest BCUT2D eigenvalue weighted by atomic mass is 15.3. The molecule has 2 nitrogen and oxygen atoms in total. The van der Waals surface area contributed by atoms with Crippen molar-refractivity contribution in [2.45, 2.75) is 57.5 Å². The topological polar surface area (TPSA) is 15.3 Å². The molecule has 12 rings (SSSR count). The standard InChI is InChI=1S/C57H52N2/c1-3-14-39(15-4-1)53-47-22-7-8-23-48(47)54(40-16-5-2-6-17-40)57-50-32-31-45(46-24-13-25-49(55(46)50)56(53)57)44-21-12-20-43(35-44)42-19-11-18-41(34-42)37-27-29-38(30-28-37)51-36-59-33-10-9-26-52(59)58-51/h1-3,5,7-14,16,18-27,29,31-33,36,42-43,46,52,55-58H,4,6,15,17,28,30,34-35H2. The third-order valence-electron chi connectivity index (χ3n) is 15.0.